The quantitative estimate of drug-likeness (QED) is 0.888. The molecule has 1 heterocycles. The van der Waals surface area contributed by atoms with E-state index >= 15 is 0 Å². The number of hydrogen-bond donors (Lipinski definition) is 2. The first kappa shape index (κ1) is 14.1. The van der Waals surface area contributed by atoms with Gasteiger partial charge in [-0.25, -0.2) is 13.1 Å². The van der Waals surface area contributed by atoms with E-state index in [0.717, 1.165) is 12.8 Å². The highest BCUT2D eigenvalue weighted by Crippen LogP contribution is 2.45. The van der Waals surface area contributed by atoms with Gasteiger partial charge in [-0.1, -0.05) is 6.42 Å². The molecule has 3 rings (SSSR count). The molecular formula is C14H22N2O3S. The molecular weight excluding hydrogens is 276 g/mol. The maximum Gasteiger partial charge on any atom is 0.244 e. The molecule has 1 aromatic rings. The van der Waals surface area contributed by atoms with Crippen molar-refractivity contribution < 1.29 is 12.8 Å². The molecule has 1 aromatic heterocycles. The molecule has 5 nitrogen and oxygen atoms in total. The Kier molecular flexibility index (Phi) is 3.43. The molecule has 20 heavy (non-hydrogen) atoms. The highest BCUT2D eigenvalue weighted by molar-refractivity contribution is 7.89. The number of aryl methyl sites for hydroxylation is 2. The van der Waals surface area contributed by atoms with Crippen molar-refractivity contribution in [2.24, 2.45) is 17.6 Å². The Hall–Kier alpha value is -0.850. The summed E-state index contributed by atoms with van der Waals surface area (Å²) in [6, 6.07) is 0.0824. The number of furan rings is 1. The predicted molar refractivity (Wildman–Crippen MR) is 75.6 cm³/mol. The molecule has 2 aliphatic rings. The third-order valence-corrected chi connectivity index (χ3v) is 6.53. The van der Waals surface area contributed by atoms with Crippen molar-refractivity contribution in [3.63, 3.8) is 0 Å². The molecule has 3 N–H and O–H groups in total. The Balaban J connectivity index is 1.89. The second kappa shape index (κ2) is 4.86. The van der Waals surface area contributed by atoms with Gasteiger partial charge in [-0.05, 0) is 44.9 Å². The highest BCUT2D eigenvalue weighted by atomic mass is 32.2. The molecule has 0 aromatic carbocycles. The predicted octanol–water partition coefficient (Wildman–Crippen LogP) is 1.82. The number of fused-ring (bicyclic) bond motifs is 2. The molecule has 2 bridgehead atoms. The summed E-state index contributed by atoms with van der Waals surface area (Å²) in [4.78, 5) is 0.250. The van der Waals surface area contributed by atoms with Crippen LogP contribution in [0.4, 0.5) is 0 Å². The van der Waals surface area contributed by atoms with E-state index in [1.165, 1.54) is 12.8 Å². The molecule has 6 heteroatoms. The Morgan fingerprint density at radius 1 is 1.25 bits per heavy atom. The van der Waals surface area contributed by atoms with Crippen LogP contribution >= 0.6 is 0 Å². The van der Waals surface area contributed by atoms with E-state index in [4.69, 9.17) is 10.2 Å². The molecule has 0 spiro atoms. The molecule has 3 atom stereocenters. The van der Waals surface area contributed by atoms with Crippen molar-refractivity contribution in [2.75, 3.05) is 0 Å². The molecule has 0 amide bonds. The van der Waals surface area contributed by atoms with Gasteiger partial charge in [0.15, 0.2) is 0 Å². The second-order valence-corrected chi connectivity index (χ2v) is 7.78. The minimum absolute atomic E-state index is 0.0824. The standard InChI is InChI=1S/C14H22N2O3S/c1-8-12(7-15)14(9(2)19-8)20(17,18)16-13-6-10-3-4-11(13)5-10/h10-11,13,16H,3-7,15H2,1-2H3. The summed E-state index contributed by atoms with van der Waals surface area (Å²) < 4.78 is 33.6. The van der Waals surface area contributed by atoms with E-state index in [0.29, 0.717) is 28.9 Å². The molecule has 0 saturated heterocycles. The lowest BCUT2D eigenvalue weighted by molar-refractivity contribution is 0.390. The zero-order valence-electron chi connectivity index (χ0n) is 12.0. The normalized spacial score (nSPS) is 29.2. The fourth-order valence-corrected chi connectivity index (χ4v) is 5.72. The van der Waals surface area contributed by atoms with Crippen molar-refractivity contribution in [1.29, 1.82) is 0 Å². The smallest absolute Gasteiger partial charge is 0.244 e. The summed E-state index contributed by atoms with van der Waals surface area (Å²) >= 11 is 0. The Bertz CT molecular complexity index is 621. The summed E-state index contributed by atoms with van der Waals surface area (Å²) in [5.41, 5.74) is 6.27. The number of rotatable bonds is 4. The minimum Gasteiger partial charge on any atom is -0.465 e. The van der Waals surface area contributed by atoms with E-state index < -0.39 is 10.0 Å². The van der Waals surface area contributed by atoms with Crippen LogP contribution in [0.15, 0.2) is 9.31 Å². The zero-order chi connectivity index (χ0) is 14.5. The van der Waals surface area contributed by atoms with Crippen molar-refractivity contribution in [3.05, 3.63) is 17.1 Å². The Labute approximate surface area is 120 Å². The van der Waals surface area contributed by atoms with Gasteiger partial charge < -0.3 is 10.2 Å². The molecule has 2 aliphatic carbocycles. The van der Waals surface area contributed by atoms with Crippen LogP contribution in [0.5, 0.6) is 0 Å². The molecule has 0 radical (unpaired) electrons. The summed E-state index contributed by atoms with van der Waals surface area (Å²) in [7, 11) is -3.54. The van der Waals surface area contributed by atoms with Gasteiger partial charge in [0.1, 0.15) is 16.4 Å². The lowest BCUT2D eigenvalue weighted by Crippen LogP contribution is -2.38. The second-order valence-electron chi connectivity index (χ2n) is 6.13. The van der Waals surface area contributed by atoms with Gasteiger partial charge >= 0.3 is 0 Å². The lowest BCUT2D eigenvalue weighted by Gasteiger charge is -2.22. The molecule has 112 valence electrons. The fraction of sp³-hybridized carbons (Fsp3) is 0.714. The molecule has 3 unspecified atom stereocenters. The van der Waals surface area contributed by atoms with E-state index in [2.05, 4.69) is 4.72 Å². The number of nitrogens with two attached hydrogens (primary N) is 1. The van der Waals surface area contributed by atoms with Crippen LogP contribution in [0.25, 0.3) is 0 Å². The van der Waals surface area contributed by atoms with Gasteiger partial charge in [-0.15, -0.1) is 0 Å². The van der Waals surface area contributed by atoms with Gasteiger partial charge in [0.25, 0.3) is 0 Å². The number of hydrogen-bond acceptors (Lipinski definition) is 4. The van der Waals surface area contributed by atoms with Crippen LogP contribution in [0.3, 0.4) is 0 Å². The Morgan fingerprint density at radius 2 is 2.00 bits per heavy atom. The van der Waals surface area contributed by atoms with Gasteiger partial charge in [-0.3, -0.25) is 0 Å². The van der Waals surface area contributed by atoms with E-state index in [-0.39, 0.29) is 17.5 Å². The molecule has 2 fully saturated rings. The van der Waals surface area contributed by atoms with Gasteiger partial charge in [0.05, 0.1) is 0 Å². The highest BCUT2D eigenvalue weighted by Gasteiger charge is 2.42. The third kappa shape index (κ3) is 2.19. The monoisotopic (exact) mass is 298 g/mol. The van der Waals surface area contributed by atoms with Crippen molar-refractivity contribution in [1.82, 2.24) is 4.72 Å². The van der Waals surface area contributed by atoms with Crippen molar-refractivity contribution in [2.45, 2.75) is 57.0 Å². The van der Waals surface area contributed by atoms with Crippen molar-refractivity contribution >= 4 is 10.0 Å². The summed E-state index contributed by atoms with van der Waals surface area (Å²) in [6.45, 7) is 3.61. The van der Waals surface area contributed by atoms with E-state index in [1.807, 2.05) is 0 Å². The SMILES string of the molecule is Cc1oc(C)c(S(=O)(=O)NC2CC3CCC2C3)c1CN. The topological polar surface area (TPSA) is 85.3 Å². The zero-order valence-corrected chi connectivity index (χ0v) is 12.8. The van der Waals surface area contributed by atoms with E-state index in [1.54, 1.807) is 13.8 Å². The lowest BCUT2D eigenvalue weighted by atomic mass is 9.96. The first-order valence-electron chi connectivity index (χ1n) is 7.23. The fourth-order valence-electron chi connectivity index (χ4n) is 3.95. The maximum atomic E-state index is 12.7. The van der Waals surface area contributed by atoms with Gasteiger partial charge in [0.2, 0.25) is 10.0 Å². The van der Waals surface area contributed by atoms with Crippen LogP contribution in [0.2, 0.25) is 0 Å². The Morgan fingerprint density at radius 3 is 2.55 bits per heavy atom. The maximum absolute atomic E-state index is 12.7. The number of sulfonamides is 1. The van der Waals surface area contributed by atoms with Crippen LogP contribution in [0, 0.1) is 25.7 Å². The van der Waals surface area contributed by atoms with Crippen LogP contribution < -0.4 is 10.5 Å². The molecule has 0 aliphatic heterocycles. The van der Waals surface area contributed by atoms with Gasteiger partial charge in [0, 0.05) is 18.2 Å². The largest absolute Gasteiger partial charge is 0.465 e. The molecule has 2 saturated carbocycles. The van der Waals surface area contributed by atoms with Gasteiger partial charge in [-0.2, -0.15) is 0 Å². The number of nitrogens with one attached hydrogen (secondary N) is 1. The summed E-state index contributed by atoms with van der Waals surface area (Å²) in [6.07, 6.45) is 4.53. The van der Waals surface area contributed by atoms with Crippen LogP contribution in [-0.4, -0.2) is 14.5 Å². The average molecular weight is 298 g/mol. The van der Waals surface area contributed by atoms with Crippen LogP contribution in [0.1, 0.15) is 42.8 Å². The summed E-state index contributed by atoms with van der Waals surface area (Å²) in [5.74, 6) is 2.23. The first-order chi connectivity index (χ1) is 9.42. The van der Waals surface area contributed by atoms with Crippen molar-refractivity contribution in [3.8, 4) is 0 Å². The van der Waals surface area contributed by atoms with Crippen LogP contribution in [-0.2, 0) is 16.6 Å². The third-order valence-electron chi connectivity index (χ3n) is 4.84. The summed E-state index contributed by atoms with van der Waals surface area (Å²) in [5, 5.41) is 0. The average Bonchev–Trinajstić information content (AvgIpc) is 3.02. The first-order valence-corrected chi connectivity index (χ1v) is 8.72. The van der Waals surface area contributed by atoms with E-state index in [9.17, 15) is 8.42 Å². The minimum atomic E-state index is -3.54.